The van der Waals surface area contributed by atoms with Gasteiger partial charge in [0, 0.05) is 5.54 Å². The Morgan fingerprint density at radius 1 is 1.18 bits per heavy atom. The maximum Gasteiger partial charge on any atom is 0.339 e. The highest BCUT2D eigenvalue weighted by Gasteiger charge is 2.51. The summed E-state index contributed by atoms with van der Waals surface area (Å²) in [6, 6.07) is -0.159. The van der Waals surface area contributed by atoms with Crippen molar-refractivity contribution in [2.45, 2.75) is 51.0 Å². The number of rotatable bonds is 3. The van der Waals surface area contributed by atoms with Crippen molar-refractivity contribution in [1.29, 1.82) is 0 Å². The fourth-order valence-corrected chi connectivity index (χ4v) is 4.67. The number of carbonyl (C=O) groups is 1. The molecular weight excluding hydrogens is 216 g/mol. The van der Waals surface area contributed by atoms with Crippen LogP contribution < -0.4 is 10.8 Å². The number of carbonyl (C=O) groups excluding carboxylic acids is 1. The average Bonchev–Trinajstić information content (AvgIpc) is 2.23. The van der Waals surface area contributed by atoms with Gasteiger partial charge in [0.05, 0.1) is 6.61 Å². The second-order valence-corrected chi connectivity index (χ2v) is 6.19. The molecule has 0 aromatic rings. The molecule has 4 fully saturated rings. The largest absolute Gasteiger partial charge is 0.339 e. The minimum Gasteiger partial charge on any atom is -0.331 e. The molecule has 96 valence electrons. The molecule has 0 unspecified atom stereocenters. The first kappa shape index (κ1) is 11.3. The average molecular weight is 238 g/mol. The Bertz CT molecular complexity index is 281. The molecule has 0 radical (unpaired) electrons. The van der Waals surface area contributed by atoms with Crippen molar-refractivity contribution in [2.75, 3.05) is 6.61 Å². The maximum atomic E-state index is 11.7. The number of hydrogen-bond acceptors (Lipinski definition) is 2. The van der Waals surface area contributed by atoms with E-state index in [0.29, 0.717) is 6.61 Å². The van der Waals surface area contributed by atoms with Crippen LogP contribution in [0, 0.1) is 17.8 Å². The van der Waals surface area contributed by atoms with E-state index in [4.69, 9.17) is 4.84 Å². The van der Waals surface area contributed by atoms with Gasteiger partial charge in [-0.25, -0.2) is 10.3 Å². The molecule has 2 amide bonds. The molecule has 4 saturated carbocycles. The van der Waals surface area contributed by atoms with Gasteiger partial charge in [0.1, 0.15) is 0 Å². The fraction of sp³-hybridized carbons (Fsp3) is 0.923. The van der Waals surface area contributed by atoms with Gasteiger partial charge >= 0.3 is 6.03 Å². The van der Waals surface area contributed by atoms with E-state index in [9.17, 15) is 4.79 Å². The van der Waals surface area contributed by atoms with Crippen LogP contribution in [0.4, 0.5) is 4.79 Å². The van der Waals surface area contributed by atoms with E-state index in [1.165, 1.54) is 38.5 Å². The molecule has 0 atom stereocenters. The SMILES string of the molecule is CCONC(=O)NC12CC3CC(CC(C3)C1)C2. The lowest BCUT2D eigenvalue weighted by Gasteiger charge is -2.56. The zero-order valence-corrected chi connectivity index (χ0v) is 10.5. The lowest BCUT2D eigenvalue weighted by molar-refractivity contribution is -0.0182. The Morgan fingerprint density at radius 3 is 2.18 bits per heavy atom. The summed E-state index contributed by atoms with van der Waals surface area (Å²) in [4.78, 5) is 16.7. The summed E-state index contributed by atoms with van der Waals surface area (Å²) in [5.74, 6) is 2.57. The van der Waals surface area contributed by atoms with Crippen molar-refractivity contribution < 1.29 is 9.63 Å². The quantitative estimate of drug-likeness (QED) is 0.741. The fourth-order valence-electron chi connectivity index (χ4n) is 4.67. The summed E-state index contributed by atoms with van der Waals surface area (Å²) >= 11 is 0. The van der Waals surface area contributed by atoms with Crippen LogP contribution in [-0.4, -0.2) is 18.2 Å². The molecule has 4 rings (SSSR count). The Kier molecular flexibility index (Phi) is 2.77. The molecule has 0 saturated heterocycles. The van der Waals surface area contributed by atoms with E-state index in [2.05, 4.69) is 10.8 Å². The normalized spacial score (nSPS) is 42.5. The summed E-state index contributed by atoms with van der Waals surface area (Å²) < 4.78 is 0. The first-order valence-electron chi connectivity index (χ1n) is 6.89. The van der Waals surface area contributed by atoms with E-state index >= 15 is 0 Å². The van der Waals surface area contributed by atoms with Gasteiger partial charge in [0.2, 0.25) is 0 Å². The van der Waals surface area contributed by atoms with Gasteiger partial charge in [0.15, 0.2) is 0 Å². The second kappa shape index (κ2) is 4.16. The molecule has 4 bridgehead atoms. The van der Waals surface area contributed by atoms with E-state index in [-0.39, 0.29) is 11.6 Å². The van der Waals surface area contributed by atoms with Gasteiger partial charge in [-0.15, -0.1) is 0 Å². The lowest BCUT2D eigenvalue weighted by atomic mass is 9.53. The number of amides is 2. The zero-order chi connectivity index (χ0) is 11.9. The highest BCUT2D eigenvalue weighted by atomic mass is 16.7. The van der Waals surface area contributed by atoms with Gasteiger partial charge in [-0.05, 0) is 63.2 Å². The van der Waals surface area contributed by atoms with Crippen LogP contribution in [0.2, 0.25) is 0 Å². The van der Waals surface area contributed by atoms with Gasteiger partial charge in [-0.3, -0.25) is 4.84 Å². The Hall–Kier alpha value is -0.770. The predicted octanol–water partition coefficient (Wildman–Crippen LogP) is 2.21. The third kappa shape index (κ3) is 2.15. The van der Waals surface area contributed by atoms with Crippen LogP contribution in [0.15, 0.2) is 0 Å². The Morgan fingerprint density at radius 2 is 1.71 bits per heavy atom. The van der Waals surface area contributed by atoms with Crippen LogP contribution in [0.3, 0.4) is 0 Å². The minimum atomic E-state index is -0.159. The second-order valence-electron chi connectivity index (χ2n) is 6.19. The van der Waals surface area contributed by atoms with Crippen molar-refractivity contribution in [3.05, 3.63) is 0 Å². The molecule has 4 aliphatic carbocycles. The summed E-state index contributed by atoms with van der Waals surface area (Å²) in [6.07, 6.45) is 7.73. The lowest BCUT2D eigenvalue weighted by Crippen LogP contribution is -2.61. The molecule has 0 spiro atoms. The van der Waals surface area contributed by atoms with Gasteiger partial charge in [-0.1, -0.05) is 0 Å². The number of urea groups is 1. The van der Waals surface area contributed by atoms with Crippen LogP contribution in [0.1, 0.15) is 45.4 Å². The third-order valence-electron chi connectivity index (χ3n) is 4.73. The predicted molar refractivity (Wildman–Crippen MR) is 64.2 cm³/mol. The van der Waals surface area contributed by atoms with Crippen LogP contribution >= 0.6 is 0 Å². The molecule has 0 aromatic carbocycles. The summed E-state index contributed by atoms with van der Waals surface area (Å²) in [6.45, 7) is 2.37. The molecule has 4 nitrogen and oxygen atoms in total. The molecule has 4 aliphatic rings. The molecular formula is C13H22N2O2. The molecule has 0 heterocycles. The van der Waals surface area contributed by atoms with E-state index in [0.717, 1.165) is 17.8 Å². The van der Waals surface area contributed by atoms with Crippen molar-refractivity contribution in [1.82, 2.24) is 10.8 Å². The van der Waals surface area contributed by atoms with Crippen molar-refractivity contribution in [3.63, 3.8) is 0 Å². The topological polar surface area (TPSA) is 50.4 Å². The van der Waals surface area contributed by atoms with Gasteiger partial charge in [-0.2, -0.15) is 0 Å². The Balaban J connectivity index is 1.64. The summed E-state index contributed by atoms with van der Waals surface area (Å²) in [5, 5.41) is 3.18. The van der Waals surface area contributed by atoms with E-state index in [1.807, 2.05) is 6.92 Å². The monoisotopic (exact) mass is 238 g/mol. The van der Waals surface area contributed by atoms with E-state index in [1.54, 1.807) is 0 Å². The Labute approximate surface area is 102 Å². The van der Waals surface area contributed by atoms with Crippen molar-refractivity contribution >= 4 is 6.03 Å². The molecule has 2 N–H and O–H groups in total. The van der Waals surface area contributed by atoms with Gasteiger partial charge < -0.3 is 5.32 Å². The number of hydroxylamine groups is 1. The van der Waals surface area contributed by atoms with Gasteiger partial charge in [0.25, 0.3) is 0 Å². The van der Waals surface area contributed by atoms with Crippen molar-refractivity contribution in [3.8, 4) is 0 Å². The summed E-state index contributed by atoms with van der Waals surface area (Å²) in [5.41, 5.74) is 2.54. The number of nitrogens with one attached hydrogen (secondary N) is 2. The standard InChI is InChI=1S/C13H22N2O2/c1-2-17-15-12(16)14-13-6-9-3-10(7-13)5-11(4-9)8-13/h9-11H,2-8H2,1H3,(H2,14,15,16). The van der Waals surface area contributed by atoms with Crippen LogP contribution in [0.5, 0.6) is 0 Å². The first-order valence-corrected chi connectivity index (χ1v) is 6.89. The minimum absolute atomic E-state index is 0.0793. The molecule has 0 aromatic heterocycles. The molecule has 4 heteroatoms. The van der Waals surface area contributed by atoms with Crippen molar-refractivity contribution in [2.24, 2.45) is 17.8 Å². The van der Waals surface area contributed by atoms with Crippen LogP contribution in [0.25, 0.3) is 0 Å². The summed E-state index contributed by atoms with van der Waals surface area (Å²) in [7, 11) is 0. The highest BCUT2D eigenvalue weighted by Crippen LogP contribution is 2.55. The smallest absolute Gasteiger partial charge is 0.331 e. The first-order chi connectivity index (χ1) is 8.19. The molecule has 0 aliphatic heterocycles. The zero-order valence-electron chi connectivity index (χ0n) is 10.5. The molecule has 17 heavy (non-hydrogen) atoms. The third-order valence-corrected chi connectivity index (χ3v) is 4.73. The van der Waals surface area contributed by atoms with E-state index < -0.39 is 0 Å². The number of hydrogen-bond donors (Lipinski definition) is 2. The highest BCUT2D eigenvalue weighted by molar-refractivity contribution is 5.73. The maximum absolute atomic E-state index is 11.7. The van der Waals surface area contributed by atoms with Crippen LogP contribution in [-0.2, 0) is 4.84 Å².